The van der Waals surface area contributed by atoms with Crippen molar-refractivity contribution in [3.05, 3.63) is 59.4 Å². The van der Waals surface area contributed by atoms with E-state index < -0.39 is 10.0 Å². The largest absolute Gasteiger partial charge is 0.443 e. The van der Waals surface area contributed by atoms with Gasteiger partial charge in [0.05, 0.1) is 4.90 Å². The van der Waals surface area contributed by atoms with Crippen molar-refractivity contribution in [2.45, 2.75) is 11.3 Å². The van der Waals surface area contributed by atoms with Crippen molar-refractivity contribution >= 4 is 32.7 Å². The highest BCUT2D eigenvalue weighted by molar-refractivity contribution is 7.89. The molecular weight excluding hydrogens is 324 g/mol. The van der Waals surface area contributed by atoms with Gasteiger partial charge in [-0.3, -0.25) is 0 Å². The Hall–Kier alpha value is -1.89. The summed E-state index contributed by atoms with van der Waals surface area (Å²) >= 11 is 5.81. The minimum Gasteiger partial charge on any atom is -0.443 e. The van der Waals surface area contributed by atoms with E-state index in [9.17, 15) is 8.42 Å². The Morgan fingerprint density at radius 2 is 1.91 bits per heavy atom. The Kier molecular flexibility index (Phi) is 4.15. The molecule has 0 spiro atoms. The molecular formula is C15H13ClN2O3S. The van der Waals surface area contributed by atoms with E-state index in [0.29, 0.717) is 29.1 Å². The molecule has 0 fully saturated rings. The SMILES string of the molecule is O=S(=O)(NCCc1ccc(Cl)cc1)c1ccc2ncoc2c1. The number of benzene rings is 2. The van der Waals surface area contributed by atoms with Crippen LogP contribution in [-0.4, -0.2) is 19.9 Å². The van der Waals surface area contributed by atoms with Crippen LogP contribution in [0.3, 0.4) is 0 Å². The summed E-state index contributed by atoms with van der Waals surface area (Å²) < 4.78 is 32.2. The molecule has 0 saturated heterocycles. The molecule has 0 bridgehead atoms. The molecule has 2 aromatic carbocycles. The molecule has 0 radical (unpaired) electrons. The van der Waals surface area contributed by atoms with Crippen LogP contribution in [0.4, 0.5) is 0 Å². The number of sulfonamides is 1. The van der Waals surface area contributed by atoms with Crippen molar-refractivity contribution in [1.82, 2.24) is 9.71 Å². The van der Waals surface area contributed by atoms with Crippen LogP contribution in [0.2, 0.25) is 5.02 Å². The van der Waals surface area contributed by atoms with E-state index in [1.807, 2.05) is 12.1 Å². The monoisotopic (exact) mass is 336 g/mol. The number of oxazole rings is 1. The van der Waals surface area contributed by atoms with Crippen LogP contribution in [0, 0.1) is 0 Å². The molecule has 0 aliphatic heterocycles. The third-order valence-electron chi connectivity index (χ3n) is 3.23. The van der Waals surface area contributed by atoms with Crippen molar-refractivity contribution in [2.24, 2.45) is 0 Å². The van der Waals surface area contributed by atoms with Gasteiger partial charge in [0.25, 0.3) is 0 Å². The number of hydrogen-bond acceptors (Lipinski definition) is 4. The second-order valence-corrected chi connectivity index (χ2v) is 6.96. The molecule has 5 nitrogen and oxygen atoms in total. The lowest BCUT2D eigenvalue weighted by molar-refractivity contribution is 0.579. The fourth-order valence-corrected chi connectivity index (χ4v) is 3.24. The summed E-state index contributed by atoms with van der Waals surface area (Å²) in [7, 11) is -3.57. The van der Waals surface area contributed by atoms with Gasteiger partial charge in [-0.25, -0.2) is 18.1 Å². The van der Waals surface area contributed by atoms with Crippen LogP contribution < -0.4 is 4.72 Å². The first-order valence-electron chi connectivity index (χ1n) is 6.62. The summed E-state index contributed by atoms with van der Waals surface area (Å²) in [4.78, 5) is 4.12. The number of halogens is 1. The maximum absolute atomic E-state index is 12.2. The van der Waals surface area contributed by atoms with Crippen molar-refractivity contribution in [2.75, 3.05) is 6.54 Å². The van der Waals surface area contributed by atoms with E-state index >= 15 is 0 Å². The maximum atomic E-state index is 12.2. The highest BCUT2D eigenvalue weighted by atomic mass is 35.5. The first-order chi connectivity index (χ1) is 10.5. The fourth-order valence-electron chi connectivity index (χ4n) is 2.07. The van der Waals surface area contributed by atoms with Crippen molar-refractivity contribution < 1.29 is 12.8 Å². The molecule has 7 heteroatoms. The molecule has 0 unspecified atom stereocenters. The molecule has 114 valence electrons. The number of nitrogens with zero attached hydrogens (tertiary/aromatic N) is 1. The summed E-state index contributed by atoms with van der Waals surface area (Å²) in [6, 6.07) is 11.9. The zero-order valence-corrected chi connectivity index (χ0v) is 13.1. The average molecular weight is 337 g/mol. The second-order valence-electron chi connectivity index (χ2n) is 4.76. The number of nitrogens with one attached hydrogen (secondary N) is 1. The minimum absolute atomic E-state index is 0.160. The molecule has 22 heavy (non-hydrogen) atoms. The number of aromatic nitrogens is 1. The lowest BCUT2D eigenvalue weighted by atomic mass is 10.2. The Balaban J connectivity index is 1.68. The van der Waals surface area contributed by atoms with Gasteiger partial charge in [0.15, 0.2) is 12.0 Å². The van der Waals surface area contributed by atoms with E-state index in [-0.39, 0.29) is 4.90 Å². The van der Waals surface area contributed by atoms with Gasteiger partial charge in [-0.2, -0.15) is 0 Å². The molecule has 0 aliphatic carbocycles. The summed E-state index contributed by atoms with van der Waals surface area (Å²) in [6.07, 6.45) is 1.87. The Labute approximate surface area is 133 Å². The highest BCUT2D eigenvalue weighted by Crippen LogP contribution is 2.18. The summed E-state index contributed by atoms with van der Waals surface area (Å²) in [5, 5.41) is 0.657. The topological polar surface area (TPSA) is 72.2 Å². The zero-order valence-electron chi connectivity index (χ0n) is 11.5. The average Bonchev–Trinajstić information content (AvgIpc) is 2.96. The summed E-state index contributed by atoms with van der Waals surface area (Å²) in [5.41, 5.74) is 2.08. The second kappa shape index (κ2) is 6.08. The van der Waals surface area contributed by atoms with Crippen molar-refractivity contribution in [3.8, 4) is 0 Å². The third kappa shape index (κ3) is 3.30. The predicted octanol–water partition coefficient (Wildman–Crippen LogP) is 3.00. The maximum Gasteiger partial charge on any atom is 0.240 e. The molecule has 0 amide bonds. The predicted molar refractivity (Wildman–Crippen MR) is 84.4 cm³/mol. The Bertz CT molecular complexity index is 889. The van der Waals surface area contributed by atoms with Crippen LogP contribution in [0.1, 0.15) is 5.56 Å². The van der Waals surface area contributed by atoms with E-state index in [1.165, 1.54) is 18.5 Å². The van der Waals surface area contributed by atoms with Gasteiger partial charge in [0.2, 0.25) is 10.0 Å². The van der Waals surface area contributed by atoms with Gasteiger partial charge in [0, 0.05) is 17.6 Å². The standard InChI is InChI=1S/C15H13ClN2O3S/c16-12-3-1-11(2-4-12)7-8-18-22(19,20)13-5-6-14-15(9-13)21-10-17-14/h1-6,9-10,18H,7-8H2. The molecule has 0 atom stereocenters. The van der Waals surface area contributed by atoms with Crippen molar-refractivity contribution in [3.63, 3.8) is 0 Å². The first kappa shape index (κ1) is 15.0. The van der Waals surface area contributed by atoms with E-state index in [2.05, 4.69) is 9.71 Å². The van der Waals surface area contributed by atoms with Crippen LogP contribution in [-0.2, 0) is 16.4 Å². The zero-order chi connectivity index (χ0) is 15.6. The van der Waals surface area contributed by atoms with Gasteiger partial charge in [-0.1, -0.05) is 23.7 Å². The van der Waals surface area contributed by atoms with E-state index in [0.717, 1.165) is 5.56 Å². The van der Waals surface area contributed by atoms with Crippen LogP contribution in [0.25, 0.3) is 11.1 Å². The fraction of sp³-hybridized carbons (Fsp3) is 0.133. The molecule has 1 aromatic heterocycles. The minimum atomic E-state index is -3.57. The Morgan fingerprint density at radius 1 is 1.14 bits per heavy atom. The van der Waals surface area contributed by atoms with Crippen LogP contribution in [0.15, 0.2) is 58.2 Å². The molecule has 3 aromatic rings. The van der Waals surface area contributed by atoms with Gasteiger partial charge in [-0.15, -0.1) is 0 Å². The van der Waals surface area contributed by atoms with E-state index in [4.69, 9.17) is 16.0 Å². The summed E-state index contributed by atoms with van der Waals surface area (Å²) in [5.74, 6) is 0. The molecule has 0 saturated carbocycles. The quantitative estimate of drug-likeness (QED) is 0.777. The third-order valence-corrected chi connectivity index (χ3v) is 4.94. The number of fused-ring (bicyclic) bond motifs is 1. The van der Waals surface area contributed by atoms with Crippen molar-refractivity contribution in [1.29, 1.82) is 0 Å². The Morgan fingerprint density at radius 3 is 2.68 bits per heavy atom. The number of rotatable bonds is 5. The molecule has 1 N–H and O–H groups in total. The highest BCUT2D eigenvalue weighted by Gasteiger charge is 2.15. The normalized spacial score (nSPS) is 11.9. The van der Waals surface area contributed by atoms with E-state index in [1.54, 1.807) is 18.2 Å². The number of hydrogen-bond donors (Lipinski definition) is 1. The van der Waals surface area contributed by atoms with Gasteiger partial charge >= 0.3 is 0 Å². The van der Waals surface area contributed by atoms with Gasteiger partial charge in [0.1, 0.15) is 5.52 Å². The lowest BCUT2D eigenvalue weighted by Gasteiger charge is -2.07. The van der Waals surface area contributed by atoms with Crippen LogP contribution in [0.5, 0.6) is 0 Å². The van der Waals surface area contributed by atoms with Gasteiger partial charge in [-0.05, 0) is 36.2 Å². The molecule has 1 heterocycles. The molecule has 3 rings (SSSR count). The lowest BCUT2D eigenvalue weighted by Crippen LogP contribution is -2.25. The first-order valence-corrected chi connectivity index (χ1v) is 8.48. The molecule has 0 aliphatic rings. The van der Waals surface area contributed by atoms with Gasteiger partial charge < -0.3 is 4.42 Å². The smallest absolute Gasteiger partial charge is 0.240 e. The summed E-state index contributed by atoms with van der Waals surface area (Å²) in [6.45, 7) is 0.304. The van der Waals surface area contributed by atoms with Crippen LogP contribution >= 0.6 is 11.6 Å².